The molecular formula is C24H24N2O5. The van der Waals surface area contributed by atoms with Crippen LogP contribution < -0.4 is 15.4 Å². The number of hydrogen-bond acceptors (Lipinski definition) is 5. The maximum Gasteiger partial charge on any atom is 0.291 e. The number of aliphatic hydroxyl groups is 1. The second kappa shape index (κ2) is 9.49. The molecule has 3 aromatic rings. The van der Waals surface area contributed by atoms with Gasteiger partial charge in [0.05, 0.1) is 12.4 Å². The van der Waals surface area contributed by atoms with Gasteiger partial charge in [0, 0.05) is 16.9 Å². The molecule has 0 radical (unpaired) electrons. The lowest BCUT2D eigenvalue weighted by atomic mass is 9.95. The van der Waals surface area contributed by atoms with Gasteiger partial charge in [-0.3, -0.25) is 9.59 Å². The van der Waals surface area contributed by atoms with Gasteiger partial charge < -0.3 is 24.9 Å². The number of aliphatic hydroxyl groups excluding tert-OH is 1. The van der Waals surface area contributed by atoms with Crippen molar-refractivity contribution in [3.63, 3.8) is 0 Å². The Hall–Kier alpha value is -3.58. The molecule has 1 fully saturated rings. The van der Waals surface area contributed by atoms with E-state index in [0.29, 0.717) is 22.7 Å². The molecule has 1 aliphatic carbocycles. The molecule has 2 amide bonds. The van der Waals surface area contributed by atoms with Crippen molar-refractivity contribution < 1.29 is 23.8 Å². The van der Waals surface area contributed by atoms with Crippen molar-refractivity contribution >= 4 is 23.2 Å². The Labute approximate surface area is 180 Å². The number of nitrogens with one attached hydrogen (secondary N) is 2. The highest BCUT2D eigenvalue weighted by molar-refractivity contribution is 6.05. The summed E-state index contributed by atoms with van der Waals surface area (Å²) in [6.45, 7) is 0. The fourth-order valence-electron chi connectivity index (χ4n) is 3.52. The van der Waals surface area contributed by atoms with Crippen LogP contribution in [0.1, 0.15) is 46.6 Å². The van der Waals surface area contributed by atoms with Crippen molar-refractivity contribution in [3.8, 4) is 5.75 Å². The zero-order valence-corrected chi connectivity index (χ0v) is 16.9. The van der Waals surface area contributed by atoms with Crippen molar-refractivity contribution in [1.29, 1.82) is 0 Å². The lowest BCUT2D eigenvalue weighted by molar-refractivity contribution is 0.00688. The molecule has 7 heteroatoms. The molecule has 3 N–H and O–H groups in total. The van der Waals surface area contributed by atoms with E-state index in [0.717, 1.165) is 25.7 Å². The van der Waals surface area contributed by atoms with Crippen LogP contribution in [0, 0.1) is 0 Å². The SMILES string of the molecule is O=C(Nc1ccc(OC2CCCCC2O)cc1)c1ccc(NC(=O)c2ccco2)cc1. The van der Waals surface area contributed by atoms with Crippen LogP contribution in [0.3, 0.4) is 0 Å². The molecule has 7 nitrogen and oxygen atoms in total. The molecule has 1 aromatic heterocycles. The molecule has 2 atom stereocenters. The molecular weight excluding hydrogens is 396 g/mol. The number of carbonyl (C=O) groups excluding carboxylic acids is 2. The normalized spacial score (nSPS) is 18.2. The number of amides is 2. The van der Waals surface area contributed by atoms with E-state index in [9.17, 15) is 14.7 Å². The average Bonchev–Trinajstić information content (AvgIpc) is 3.32. The molecule has 1 saturated carbocycles. The fourth-order valence-corrected chi connectivity index (χ4v) is 3.52. The van der Waals surface area contributed by atoms with Crippen LogP contribution in [0.4, 0.5) is 11.4 Å². The van der Waals surface area contributed by atoms with Gasteiger partial charge in [0.25, 0.3) is 11.8 Å². The number of hydrogen-bond donors (Lipinski definition) is 3. The van der Waals surface area contributed by atoms with E-state index < -0.39 is 6.10 Å². The van der Waals surface area contributed by atoms with E-state index in [4.69, 9.17) is 9.15 Å². The highest BCUT2D eigenvalue weighted by atomic mass is 16.5. The van der Waals surface area contributed by atoms with Gasteiger partial charge in [-0.2, -0.15) is 0 Å². The Balaban J connectivity index is 1.32. The van der Waals surface area contributed by atoms with Crippen molar-refractivity contribution in [1.82, 2.24) is 0 Å². The minimum atomic E-state index is -0.431. The van der Waals surface area contributed by atoms with Crippen LogP contribution >= 0.6 is 0 Å². The standard InChI is InChI=1S/C24H24N2O5/c27-20-4-1-2-5-21(20)31-19-13-11-18(12-14-19)25-23(28)16-7-9-17(10-8-16)26-24(29)22-6-3-15-30-22/h3,6-15,20-21,27H,1-2,4-5H2,(H,25,28)(H,26,29). The fraction of sp³-hybridized carbons (Fsp3) is 0.250. The zero-order valence-electron chi connectivity index (χ0n) is 16.9. The van der Waals surface area contributed by atoms with Crippen LogP contribution in [-0.4, -0.2) is 29.1 Å². The molecule has 1 aliphatic rings. The summed E-state index contributed by atoms with van der Waals surface area (Å²) in [6, 6.07) is 16.9. The first-order valence-corrected chi connectivity index (χ1v) is 10.3. The van der Waals surface area contributed by atoms with Gasteiger partial charge in [-0.15, -0.1) is 0 Å². The summed E-state index contributed by atoms with van der Waals surface area (Å²) < 4.78 is 10.9. The molecule has 0 spiro atoms. The third-order valence-electron chi connectivity index (χ3n) is 5.22. The summed E-state index contributed by atoms with van der Waals surface area (Å²) in [6.07, 6.45) is 4.52. The van der Waals surface area contributed by atoms with Crippen molar-refractivity contribution in [2.24, 2.45) is 0 Å². The quantitative estimate of drug-likeness (QED) is 0.546. The highest BCUT2D eigenvalue weighted by Crippen LogP contribution is 2.25. The molecule has 4 rings (SSSR count). The first-order chi connectivity index (χ1) is 15.1. The summed E-state index contributed by atoms with van der Waals surface area (Å²) in [5, 5.41) is 15.6. The number of anilines is 2. The van der Waals surface area contributed by atoms with Crippen molar-refractivity contribution in [2.75, 3.05) is 10.6 Å². The van der Waals surface area contributed by atoms with Crippen LogP contribution in [0.5, 0.6) is 5.75 Å². The smallest absolute Gasteiger partial charge is 0.291 e. The van der Waals surface area contributed by atoms with Gasteiger partial charge in [-0.05, 0) is 79.9 Å². The molecule has 2 unspecified atom stereocenters. The van der Waals surface area contributed by atoms with Gasteiger partial charge in [-0.25, -0.2) is 0 Å². The largest absolute Gasteiger partial charge is 0.488 e. The highest BCUT2D eigenvalue weighted by Gasteiger charge is 2.24. The van der Waals surface area contributed by atoms with Gasteiger partial charge in [0.15, 0.2) is 5.76 Å². The minimum Gasteiger partial charge on any atom is -0.488 e. The Morgan fingerprint density at radius 1 is 0.871 bits per heavy atom. The Bertz CT molecular complexity index is 1010. The second-order valence-corrected chi connectivity index (χ2v) is 7.50. The van der Waals surface area contributed by atoms with Crippen LogP contribution in [0.15, 0.2) is 71.3 Å². The van der Waals surface area contributed by atoms with E-state index in [1.807, 2.05) is 0 Å². The Morgan fingerprint density at radius 2 is 1.52 bits per heavy atom. The monoisotopic (exact) mass is 420 g/mol. The van der Waals surface area contributed by atoms with E-state index >= 15 is 0 Å². The number of benzene rings is 2. The Kier molecular flexibility index (Phi) is 6.33. The molecule has 2 aromatic carbocycles. The van der Waals surface area contributed by atoms with Gasteiger partial charge in [0.2, 0.25) is 0 Å². The van der Waals surface area contributed by atoms with Gasteiger partial charge >= 0.3 is 0 Å². The van der Waals surface area contributed by atoms with E-state index in [2.05, 4.69) is 10.6 Å². The van der Waals surface area contributed by atoms with Crippen LogP contribution in [0.25, 0.3) is 0 Å². The second-order valence-electron chi connectivity index (χ2n) is 7.50. The lowest BCUT2D eigenvalue weighted by Crippen LogP contribution is -2.34. The summed E-state index contributed by atoms with van der Waals surface area (Å²) in [5.74, 6) is 0.262. The van der Waals surface area contributed by atoms with Crippen molar-refractivity contribution in [2.45, 2.75) is 37.9 Å². The van der Waals surface area contributed by atoms with E-state index in [1.165, 1.54) is 6.26 Å². The zero-order chi connectivity index (χ0) is 21.6. The summed E-state index contributed by atoms with van der Waals surface area (Å²) in [7, 11) is 0. The first-order valence-electron chi connectivity index (χ1n) is 10.3. The predicted molar refractivity (Wildman–Crippen MR) is 116 cm³/mol. The van der Waals surface area contributed by atoms with E-state index in [-0.39, 0.29) is 23.7 Å². The van der Waals surface area contributed by atoms with E-state index in [1.54, 1.807) is 60.7 Å². The molecule has 31 heavy (non-hydrogen) atoms. The summed E-state index contributed by atoms with van der Waals surface area (Å²) >= 11 is 0. The Morgan fingerprint density at radius 3 is 2.16 bits per heavy atom. The van der Waals surface area contributed by atoms with Gasteiger partial charge in [0.1, 0.15) is 11.9 Å². The number of rotatable bonds is 6. The topological polar surface area (TPSA) is 101 Å². The molecule has 0 saturated heterocycles. The number of furan rings is 1. The maximum atomic E-state index is 12.5. The minimum absolute atomic E-state index is 0.180. The molecule has 0 aliphatic heterocycles. The molecule has 0 bridgehead atoms. The average molecular weight is 420 g/mol. The van der Waals surface area contributed by atoms with Gasteiger partial charge in [-0.1, -0.05) is 6.42 Å². The summed E-state index contributed by atoms with van der Waals surface area (Å²) in [4.78, 5) is 24.5. The van der Waals surface area contributed by atoms with Crippen LogP contribution in [0.2, 0.25) is 0 Å². The number of carbonyl (C=O) groups is 2. The maximum absolute atomic E-state index is 12.5. The third-order valence-corrected chi connectivity index (χ3v) is 5.22. The molecule has 160 valence electrons. The molecule has 1 heterocycles. The predicted octanol–water partition coefficient (Wildman–Crippen LogP) is 4.47. The first kappa shape index (κ1) is 20.7. The number of ether oxygens (including phenoxy) is 1. The third kappa shape index (κ3) is 5.32. The van der Waals surface area contributed by atoms with Crippen molar-refractivity contribution in [3.05, 3.63) is 78.3 Å². The van der Waals surface area contributed by atoms with Crippen LogP contribution in [-0.2, 0) is 0 Å². The lowest BCUT2D eigenvalue weighted by Gasteiger charge is -2.28. The summed E-state index contributed by atoms with van der Waals surface area (Å²) in [5.41, 5.74) is 1.66.